The van der Waals surface area contributed by atoms with Gasteiger partial charge in [0.05, 0.1) is 0 Å². The minimum atomic E-state index is -0.230. The summed E-state index contributed by atoms with van der Waals surface area (Å²) in [5.41, 5.74) is 1.49. The van der Waals surface area contributed by atoms with E-state index < -0.39 is 0 Å². The summed E-state index contributed by atoms with van der Waals surface area (Å²) in [6.07, 6.45) is 3.28. The van der Waals surface area contributed by atoms with E-state index in [1.165, 1.54) is 9.36 Å². The van der Waals surface area contributed by atoms with Crippen molar-refractivity contribution in [1.82, 2.24) is 19.4 Å². The van der Waals surface area contributed by atoms with Crippen LogP contribution < -0.4 is 11.2 Å². The summed E-state index contributed by atoms with van der Waals surface area (Å²) in [5.74, 6) is 6.19. The van der Waals surface area contributed by atoms with Crippen LogP contribution in [0.15, 0.2) is 54.9 Å². The number of nitrogen functional groups attached to an aromatic ring is 1. The van der Waals surface area contributed by atoms with E-state index in [1.54, 1.807) is 36.7 Å². The van der Waals surface area contributed by atoms with Gasteiger partial charge in [-0.1, -0.05) is 18.2 Å². The van der Waals surface area contributed by atoms with Crippen LogP contribution >= 0.6 is 12.2 Å². The Hall–Kier alpha value is -3.00. The molecule has 23 heavy (non-hydrogen) atoms. The third-order valence-corrected chi connectivity index (χ3v) is 3.57. The van der Waals surface area contributed by atoms with Crippen molar-refractivity contribution in [2.45, 2.75) is 6.54 Å². The molecule has 1 aromatic carbocycles. The first-order chi connectivity index (χ1) is 11.1. The van der Waals surface area contributed by atoms with Crippen molar-refractivity contribution in [3.05, 3.63) is 59.6 Å². The summed E-state index contributed by atoms with van der Waals surface area (Å²) >= 11 is 5.24. The second-order valence-electron chi connectivity index (χ2n) is 4.78. The molecule has 8 heteroatoms. The number of carbonyl (C=O) groups excluding carboxylic acids is 1. The van der Waals surface area contributed by atoms with E-state index in [1.807, 2.05) is 18.2 Å². The van der Waals surface area contributed by atoms with E-state index in [-0.39, 0.29) is 17.2 Å². The molecule has 0 aliphatic rings. The molecule has 3 aromatic rings. The molecular formula is C15H14N6OS. The molecule has 1 amide bonds. The average Bonchev–Trinajstić information content (AvgIpc) is 2.85. The van der Waals surface area contributed by atoms with E-state index >= 15 is 0 Å². The van der Waals surface area contributed by atoms with Gasteiger partial charge in [-0.05, 0) is 36.5 Å². The van der Waals surface area contributed by atoms with Gasteiger partial charge in [0.2, 0.25) is 10.7 Å². The lowest BCUT2D eigenvalue weighted by Crippen LogP contribution is -2.20. The van der Waals surface area contributed by atoms with Gasteiger partial charge in [-0.2, -0.15) is 0 Å². The number of amides is 1. The Kier molecular flexibility index (Phi) is 4.15. The molecule has 0 aliphatic heterocycles. The van der Waals surface area contributed by atoms with Crippen molar-refractivity contribution in [3.8, 4) is 11.4 Å². The topological polar surface area (TPSA) is 90.8 Å². The van der Waals surface area contributed by atoms with E-state index in [2.05, 4.69) is 15.4 Å². The van der Waals surface area contributed by atoms with Gasteiger partial charge >= 0.3 is 0 Å². The quantitative estimate of drug-likeness (QED) is 0.564. The molecular weight excluding hydrogens is 312 g/mol. The maximum absolute atomic E-state index is 12.1. The van der Waals surface area contributed by atoms with Gasteiger partial charge in [0.25, 0.3) is 0 Å². The standard InChI is InChI=1S/C15H14N6OS/c16-21-14(11-6-8-17-9-7-11)19-20(15(21)23)10-13(22)18-12-4-2-1-3-5-12/h1-9H,10,16H2,(H,18,22). The Bertz CT molecular complexity index is 872. The van der Waals surface area contributed by atoms with Gasteiger partial charge in [0, 0.05) is 23.6 Å². The second kappa shape index (κ2) is 6.41. The molecule has 0 radical (unpaired) electrons. The minimum Gasteiger partial charge on any atom is -0.335 e. The zero-order valence-electron chi connectivity index (χ0n) is 12.1. The van der Waals surface area contributed by atoms with E-state index in [9.17, 15) is 4.79 Å². The maximum Gasteiger partial charge on any atom is 0.246 e. The number of benzene rings is 1. The monoisotopic (exact) mass is 326 g/mol. The highest BCUT2D eigenvalue weighted by Crippen LogP contribution is 2.15. The molecule has 7 nitrogen and oxygen atoms in total. The first-order valence-corrected chi connectivity index (χ1v) is 7.26. The average molecular weight is 326 g/mol. The van der Waals surface area contributed by atoms with Crippen molar-refractivity contribution >= 4 is 23.8 Å². The number of aromatic nitrogens is 4. The molecule has 3 N–H and O–H groups in total. The molecule has 0 unspecified atom stereocenters. The highest BCUT2D eigenvalue weighted by molar-refractivity contribution is 7.71. The Morgan fingerprint density at radius 1 is 1.17 bits per heavy atom. The fourth-order valence-corrected chi connectivity index (χ4v) is 2.27. The molecule has 0 bridgehead atoms. The van der Waals surface area contributed by atoms with Crippen LogP contribution in [0, 0.1) is 4.77 Å². The van der Waals surface area contributed by atoms with Crippen molar-refractivity contribution < 1.29 is 4.79 Å². The SMILES string of the molecule is Nn1c(-c2ccncc2)nn(CC(=O)Nc2ccccc2)c1=S. The van der Waals surface area contributed by atoms with Crippen LogP contribution in [0.5, 0.6) is 0 Å². The Balaban J connectivity index is 1.81. The van der Waals surface area contributed by atoms with Crippen LogP contribution in [0.3, 0.4) is 0 Å². The van der Waals surface area contributed by atoms with E-state index in [4.69, 9.17) is 18.1 Å². The smallest absolute Gasteiger partial charge is 0.246 e. The lowest BCUT2D eigenvalue weighted by atomic mass is 10.2. The number of nitrogens with one attached hydrogen (secondary N) is 1. The highest BCUT2D eigenvalue weighted by atomic mass is 32.1. The van der Waals surface area contributed by atoms with Crippen molar-refractivity contribution in [2.24, 2.45) is 0 Å². The number of carbonyl (C=O) groups is 1. The highest BCUT2D eigenvalue weighted by Gasteiger charge is 2.13. The fourth-order valence-electron chi connectivity index (χ4n) is 2.08. The number of rotatable bonds is 4. The number of anilines is 1. The third-order valence-electron chi connectivity index (χ3n) is 3.16. The first-order valence-electron chi connectivity index (χ1n) is 6.85. The first kappa shape index (κ1) is 14.9. The number of nitrogens with zero attached hydrogens (tertiary/aromatic N) is 4. The zero-order valence-corrected chi connectivity index (χ0v) is 12.9. The summed E-state index contributed by atoms with van der Waals surface area (Å²) in [5, 5.41) is 7.10. The number of hydrogen-bond acceptors (Lipinski definition) is 5. The second-order valence-corrected chi connectivity index (χ2v) is 5.15. The summed E-state index contributed by atoms with van der Waals surface area (Å²) in [4.78, 5) is 16.1. The van der Waals surface area contributed by atoms with Crippen LogP contribution in [-0.4, -0.2) is 25.3 Å². The van der Waals surface area contributed by atoms with Crippen LogP contribution in [0.25, 0.3) is 11.4 Å². The molecule has 0 atom stereocenters. The number of pyridine rings is 1. The van der Waals surface area contributed by atoms with Crippen molar-refractivity contribution in [3.63, 3.8) is 0 Å². The van der Waals surface area contributed by atoms with Crippen molar-refractivity contribution in [2.75, 3.05) is 11.2 Å². The normalized spacial score (nSPS) is 10.4. The molecule has 0 spiro atoms. The summed E-state index contributed by atoms with van der Waals surface area (Å²) in [6.45, 7) is -0.0178. The van der Waals surface area contributed by atoms with Crippen LogP contribution in [0.2, 0.25) is 0 Å². The fraction of sp³-hybridized carbons (Fsp3) is 0.0667. The van der Waals surface area contributed by atoms with Gasteiger partial charge in [0.15, 0.2) is 5.82 Å². The van der Waals surface area contributed by atoms with Crippen LogP contribution in [0.4, 0.5) is 5.69 Å². The maximum atomic E-state index is 12.1. The number of hydrogen-bond donors (Lipinski definition) is 2. The van der Waals surface area contributed by atoms with E-state index in [0.717, 1.165) is 5.56 Å². The summed E-state index contributed by atoms with van der Waals surface area (Å²) in [7, 11) is 0. The van der Waals surface area contributed by atoms with Crippen molar-refractivity contribution in [1.29, 1.82) is 0 Å². The van der Waals surface area contributed by atoms with Crippen LogP contribution in [-0.2, 0) is 11.3 Å². The lowest BCUT2D eigenvalue weighted by molar-refractivity contribution is -0.116. The molecule has 0 saturated carbocycles. The van der Waals surface area contributed by atoms with Gasteiger partial charge in [0.1, 0.15) is 6.54 Å². The molecule has 0 aliphatic carbocycles. The molecule has 116 valence electrons. The summed E-state index contributed by atoms with van der Waals surface area (Å²) in [6, 6.07) is 12.7. The predicted molar refractivity (Wildman–Crippen MR) is 89.5 cm³/mol. The zero-order chi connectivity index (χ0) is 16.2. The molecule has 0 saturated heterocycles. The van der Waals surface area contributed by atoms with Gasteiger partial charge in [-0.25, -0.2) is 9.36 Å². The predicted octanol–water partition coefficient (Wildman–Crippen LogP) is 1.83. The minimum absolute atomic E-state index is 0.0178. The van der Waals surface area contributed by atoms with Gasteiger partial charge in [-0.15, -0.1) is 5.10 Å². The Morgan fingerprint density at radius 2 is 1.87 bits per heavy atom. The largest absolute Gasteiger partial charge is 0.335 e. The summed E-state index contributed by atoms with van der Waals surface area (Å²) < 4.78 is 2.93. The molecule has 2 aromatic heterocycles. The molecule has 3 rings (SSSR count). The van der Waals surface area contributed by atoms with Gasteiger partial charge in [-0.3, -0.25) is 9.78 Å². The van der Waals surface area contributed by atoms with Gasteiger partial charge < -0.3 is 11.2 Å². The Labute approximate surface area is 137 Å². The molecule has 0 fully saturated rings. The molecule has 2 heterocycles. The number of para-hydroxylation sites is 1. The Morgan fingerprint density at radius 3 is 2.57 bits per heavy atom. The van der Waals surface area contributed by atoms with Crippen LogP contribution in [0.1, 0.15) is 0 Å². The number of nitrogens with two attached hydrogens (primary N) is 1. The van der Waals surface area contributed by atoms with E-state index in [0.29, 0.717) is 11.5 Å². The third kappa shape index (κ3) is 3.27. The lowest BCUT2D eigenvalue weighted by Gasteiger charge is -2.04.